The van der Waals surface area contributed by atoms with Gasteiger partial charge in [-0.2, -0.15) is 0 Å². The predicted octanol–water partition coefficient (Wildman–Crippen LogP) is 3.24. The monoisotopic (exact) mass is 415 g/mol. The zero-order valence-corrected chi connectivity index (χ0v) is 17.2. The number of aryl methyl sites for hydroxylation is 2. The van der Waals surface area contributed by atoms with E-state index >= 15 is 0 Å². The molecule has 8 nitrogen and oxygen atoms in total. The summed E-state index contributed by atoms with van der Waals surface area (Å²) in [5.74, 6) is -1.75. The largest absolute Gasteiger partial charge is 0.462 e. The van der Waals surface area contributed by atoms with Gasteiger partial charge in [0.05, 0.1) is 12.2 Å². The number of hydrogen-bond donors (Lipinski definition) is 1. The fraction of sp³-hybridized carbons (Fsp3) is 0.300. The molecule has 0 spiro atoms. The minimum absolute atomic E-state index is 0.115. The molecule has 29 heavy (non-hydrogen) atoms. The zero-order valence-electron chi connectivity index (χ0n) is 16.4. The Morgan fingerprint density at radius 2 is 1.97 bits per heavy atom. The summed E-state index contributed by atoms with van der Waals surface area (Å²) >= 11 is 1.29. The molecule has 0 atom stereocenters. The third-order valence-electron chi connectivity index (χ3n) is 4.12. The van der Waals surface area contributed by atoms with E-state index in [-0.39, 0.29) is 12.3 Å². The van der Waals surface area contributed by atoms with Crippen molar-refractivity contribution in [2.45, 2.75) is 27.2 Å². The first kappa shape index (κ1) is 20.5. The van der Waals surface area contributed by atoms with E-state index in [1.165, 1.54) is 11.3 Å². The number of nitrogens with zero attached hydrogens (tertiary/aromatic N) is 2. The van der Waals surface area contributed by atoms with Crippen LogP contribution < -0.4 is 5.32 Å². The van der Waals surface area contributed by atoms with E-state index < -0.39 is 24.5 Å². The lowest BCUT2D eigenvalue weighted by atomic mass is 10.2. The van der Waals surface area contributed by atoms with Gasteiger partial charge in [-0.05, 0) is 38.5 Å². The van der Waals surface area contributed by atoms with Crippen molar-refractivity contribution in [2.24, 2.45) is 0 Å². The van der Waals surface area contributed by atoms with Gasteiger partial charge in [-0.3, -0.25) is 4.79 Å². The Kier molecular flexibility index (Phi) is 6.28. The number of hydrogen-bond acceptors (Lipinski definition) is 7. The number of anilines is 1. The van der Waals surface area contributed by atoms with E-state index in [2.05, 4.69) is 10.3 Å². The highest BCUT2D eigenvalue weighted by Gasteiger charge is 2.20. The molecular weight excluding hydrogens is 394 g/mol. The molecule has 1 N–H and O–H groups in total. The van der Waals surface area contributed by atoms with Crippen molar-refractivity contribution >= 4 is 39.8 Å². The van der Waals surface area contributed by atoms with Gasteiger partial charge >= 0.3 is 11.9 Å². The Morgan fingerprint density at radius 3 is 2.66 bits per heavy atom. The van der Waals surface area contributed by atoms with Crippen LogP contribution in [0.1, 0.15) is 45.3 Å². The van der Waals surface area contributed by atoms with Crippen molar-refractivity contribution < 1.29 is 23.9 Å². The molecule has 0 aliphatic carbocycles. The van der Waals surface area contributed by atoms with Crippen LogP contribution >= 0.6 is 11.3 Å². The Morgan fingerprint density at radius 1 is 1.17 bits per heavy atom. The van der Waals surface area contributed by atoms with Gasteiger partial charge < -0.3 is 19.2 Å². The van der Waals surface area contributed by atoms with Gasteiger partial charge in [0.25, 0.3) is 5.91 Å². The molecule has 0 aromatic carbocycles. The van der Waals surface area contributed by atoms with Gasteiger partial charge in [0.15, 0.2) is 12.3 Å². The molecule has 0 unspecified atom stereocenters. The van der Waals surface area contributed by atoms with Crippen LogP contribution in [0.2, 0.25) is 0 Å². The van der Waals surface area contributed by atoms with E-state index in [0.717, 1.165) is 17.0 Å². The number of imidazole rings is 1. The van der Waals surface area contributed by atoms with Gasteiger partial charge in [0.2, 0.25) is 0 Å². The summed E-state index contributed by atoms with van der Waals surface area (Å²) in [7, 11) is 0. The minimum atomic E-state index is -0.700. The van der Waals surface area contributed by atoms with Crippen molar-refractivity contribution in [3.63, 3.8) is 0 Å². The van der Waals surface area contributed by atoms with Crippen LogP contribution in [-0.2, 0) is 20.7 Å². The fourth-order valence-electron chi connectivity index (χ4n) is 2.68. The molecular formula is C20H21N3O5S. The van der Waals surface area contributed by atoms with E-state index in [9.17, 15) is 14.4 Å². The number of thiophene rings is 1. The molecule has 3 heterocycles. The summed E-state index contributed by atoms with van der Waals surface area (Å²) in [6, 6.07) is 7.20. The average molecular weight is 415 g/mol. The zero-order chi connectivity index (χ0) is 21.0. The average Bonchev–Trinajstić information content (AvgIpc) is 3.31. The quantitative estimate of drug-likeness (QED) is 0.595. The molecule has 3 rings (SSSR count). The second-order valence-electron chi connectivity index (χ2n) is 6.18. The summed E-state index contributed by atoms with van der Waals surface area (Å²) in [4.78, 5) is 41.7. The first-order valence-corrected chi connectivity index (χ1v) is 9.96. The Hall–Kier alpha value is -3.20. The Balaban J connectivity index is 1.65. The van der Waals surface area contributed by atoms with Crippen LogP contribution in [0.25, 0.3) is 5.65 Å². The first-order valence-electron chi connectivity index (χ1n) is 9.14. The van der Waals surface area contributed by atoms with Gasteiger partial charge in [0.1, 0.15) is 10.6 Å². The van der Waals surface area contributed by atoms with E-state index in [0.29, 0.717) is 16.2 Å². The highest BCUT2D eigenvalue weighted by atomic mass is 32.1. The van der Waals surface area contributed by atoms with Gasteiger partial charge in [0, 0.05) is 16.8 Å². The van der Waals surface area contributed by atoms with Gasteiger partial charge in [-0.25, -0.2) is 14.6 Å². The van der Waals surface area contributed by atoms with Crippen LogP contribution in [0, 0.1) is 6.92 Å². The highest BCUT2D eigenvalue weighted by Crippen LogP contribution is 2.29. The maximum absolute atomic E-state index is 12.2. The standard InChI is InChI=1S/C20H21N3O5S/c1-4-13-9-14(19(25)27-5-2)18(29-13)22-17(24)11-28-20(26)15-10-23-12(3)7-6-8-16(23)21-15/h6-10H,4-5,11H2,1-3H3,(H,22,24). The molecule has 3 aromatic heterocycles. The lowest BCUT2D eigenvalue weighted by Gasteiger charge is -2.06. The number of aromatic nitrogens is 2. The second-order valence-corrected chi connectivity index (χ2v) is 7.31. The maximum Gasteiger partial charge on any atom is 0.359 e. The van der Waals surface area contributed by atoms with Crippen molar-refractivity contribution in [1.82, 2.24) is 9.38 Å². The number of rotatable bonds is 7. The van der Waals surface area contributed by atoms with Crippen LogP contribution in [0.3, 0.4) is 0 Å². The topological polar surface area (TPSA) is 99.0 Å². The summed E-state index contributed by atoms with van der Waals surface area (Å²) in [5, 5.41) is 3.00. The lowest BCUT2D eigenvalue weighted by Crippen LogP contribution is -2.21. The molecule has 0 fully saturated rings. The fourth-order valence-corrected chi connectivity index (χ4v) is 3.68. The first-order chi connectivity index (χ1) is 13.9. The van der Waals surface area contributed by atoms with Crippen LogP contribution in [0.15, 0.2) is 30.5 Å². The van der Waals surface area contributed by atoms with Crippen molar-refractivity contribution in [1.29, 1.82) is 0 Å². The molecule has 0 saturated carbocycles. The Labute approximate surface area is 171 Å². The van der Waals surface area contributed by atoms with E-state index in [1.807, 2.05) is 26.0 Å². The molecule has 9 heteroatoms. The number of esters is 2. The predicted molar refractivity (Wildman–Crippen MR) is 108 cm³/mol. The minimum Gasteiger partial charge on any atom is -0.462 e. The van der Waals surface area contributed by atoms with Crippen molar-refractivity contribution in [3.8, 4) is 0 Å². The number of fused-ring (bicyclic) bond motifs is 1. The van der Waals surface area contributed by atoms with E-state index in [4.69, 9.17) is 9.47 Å². The SMILES string of the molecule is CCOC(=O)c1cc(CC)sc1NC(=O)COC(=O)c1cn2c(C)cccc2n1. The number of carbonyl (C=O) groups is 3. The van der Waals surface area contributed by atoms with E-state index in [1.54, 1.807) is 29.7 Å². The summed E-state index contributed by atoms with van der Waals surface area (Å²) < 4.78 is 11.9. The third-order valence-corrected chi connectivity index (χ3v) is 5.31. The molecule has 152 valence electrons. The maximum atomic E-state index is 12.2. The lowest BCUT2D eigenvalue weighted by molar-refractivity contribution is -0.119. The third kappa shape index (κ3) is 4.62. The van der Waals surface area contributed by atoms with Crippen molar-refractivity contribution in [3.05, 3.63) is 52.3 Å². The summed E-state index contributed by atoms with van der Waals surface area (Å²) in [6.07, 6.45) is 2.28. The number of pyridine rings is 1. The normalized spacial score (nSPS) is 10.7. The van der Waals surface area contributed by atoms with Crippen LogP contribution in [-0.4, -0.2) is 40.4 Å². The number of nitrogens with one attached hydrogen (secondary N) is 1. The van der Waals surface area contributed by atoms with Crippen LogP contribution in [0.5, 0.6) is 0 Å². The number of carbonyl (C=O) groups excluding carboxylic acids is 3. The molecule has 0 radical (unpaired) electrons. The second kappa shape index (κ2) is 8.87. The summed E-state index contributed by atoms with van der Waals surface area (Å²) in [6.45, 7) is 5.30. The van der Waals surface area contributed by atoms with Crippen LogP contribution in [0.4, 0.5) is 5.00 Å². The highest BCUT2D eigenvalue weighted by molar-refractivity contribution is 7.16. The van der Waals surface area contributed by atoms with Gasteiger partial charge in [-0.15, -0.1) is 11.3 Å². The molecule has 0 aliphatic rings. The molecule has 0 aliphatic heterocycles. The molecule has 0 saturated heterocycles. The Bertz CT molecular complexity index is 1070. The smallest absolute Gasteiger partial charge is 0.359 e. The number of amides is 1. The van der Waals surface area contributed by atoms with Crippen molar-refractivity contribution in [2.75, 3.05) is 18.5 Å². The summed E-state index contributed by atoms with van der Waals surface area (Å²) in [5.41, 5.74) is 1.95. The molecule has 3 aromatic rings. The molecule has 0 bridgehead atoms. The molecule has 1 amide bonds. The number of ether oxygens (including phenoxy) is 2. The van der Waals surface area contributed by atoms with Gasteiger partial charge in [-0.1, -0.05) is 13.0 Å².